The van der Waals surface area contributed by atoms with Crippen LogP contribution < -0.4 is 0 Å². The zero-order valence-corrected chi connectivity index (χ0v) is 7.16. The molecule has 1 aromatic carbocycles. The summed E-state index contributed by atoms with van der Waals surface area (Å²) in [6.07, 6.45) is 3.88. The van der Waals surface area contributed by atoms with Gasteiger partial charge in [0.2, 0.25) is 0 Å². The van der Waals surface area contributed by atoms with Gasteiger partial charge in [0, 0.05) is 6.42 Å². The summed E-state index contributed by atoms with van der Waals surface area (Å²) in [5.41, 5.74) is 1.07. The van der Waals surface area contributed by atoms with Gasteiger partial charge in [-0.25, -0.2) is 0 Å². The van der Waals surface area contributed by atoms with Gasteiger partial charge in [0.05, 0.1) is 0 Å². The van der Waals surface area contributed by atoms with Gasteiger partial charge in [0.25, 0.3) is 0 Å². The van der Waals surface area contributed by atoms with Gasteiger partial charge in [0.15, 0.2) is 5.78 Å². The highest BCUT2D eigenvalue weighted by Gasteiger charge is 1.96. The normalized spacial score (nSPS) is 10.4. The maximum Gasteiger partial charge on any atom is 0.159 e. The number of rotatable bonds is 3. The van der Waals surface area contributed by atoms with Gasteiger partial charge in [-0.05, 0) is 18.6 Å². The molecule has 0 aliphatic rings. The summed E-state index contributed by atoms with van der Waals surface area (Å²) in [7, 11) is 0. The van der Waals surface area contributed by atoms with Crippen LogP contribution in [0.15, 0.2) is 42.5 Å². The fourth-order valence-corrected chi connectivity index (χ4v) is 1.04. The fraction of sp³-hybridized carbons (Fsp3) is 0.182. The van der Waals surface area contributed by atoms with E-state index >= 15 is 0 Å². The lowest BCUT2D eigenvalue weighted by Gasteiger charge is -1.94. The zero-order valence-electron chi connectivity index (χ0n) is 7.16. The molecular weight excluding hydrogens is 148 g/mol. The van der Waals surface area contributed by atoms with Crippen molar-refractivity contribution in [3.8, 4) is 0 Å². The molecule has 0 aliphatic heterocycles. The van der Waals surface area contributed by atoms with Crippen molar-refractivity contribution in [2.75, 3.05) is 0 Å². The second-order valence-corrected chi connectivity index (χ2v) is 2.63. The van der Waals surface area contributed by atoms with Crippen molar-refractivity contribution in [1.29, 1.82) is 0 Å². The predicted octanol–water partition coefficient (Wildman–Crippen LogP) is 2.37. The number of carbonyl (C=O) groups excluding carboxylic acids is 1. The van der Waals surface area contributed by atoms with Crippen molar-refractivity contribution < 1.29 is 4.79 Å². The Kier molecular flexibility index (Phi) is 3.27. The van der Waals surface area contributed by atoms with E-state index in [9.17, 15) is 4.79 Å². The molecule has 12 heavy (non-hydrogen) atoms. The van der Waals surface area contributed by atoms with Gasteiger partial charge in [0.1, 0.15) is 0 Å². The summed E-state index contributed by atoms with van der Waals surface area (Å²) in [6.45, 7) is 1.85. The quantitative estimate of drug-likeness (QED) is 0.620. The Bertz CT molecular complexity index is 272. The molecule has 0 atom stereocenters. The van der Waals surface area contributed by atoms with E-state index in [1.54, 1.807) is 12.2 Å². The van der Waals surface area contributed by atoms with Crippen molar-refractivity contribution in [1.82, 2.24) is 0 Å². The highest BCUT2D eigenvalue weighted by atomic mass is 16.1. The van der Waals surface area contributed by atoms with E-state index in [1.165, 1.54) is 0 Å². The molecule has 0 spiro atoms. The average Bonchev–Trinajstić information content (AvgIpc) is 2.06. The van der Waals surface area contributed by atoms with Crippen LogP contribution >= 0.6 is 0 Å². The van der Waals surface area contributed by atoms with Gasteiger partial charge < -0.3 is 0 Å². The molecule has 0 bridgehead atoms. The van der Waals surface area contributed by atoms with E-state index < -0.39 is 0 Å². The van der Waals surface area contributed by atoms with Crippen molar-refractivity contribution >= 4 is 5.78 Å². The van der Waals surface area contributed by atoms with Crippen molar-refractivity contribution in [3.05, 3.63) is 48.0 Å². The molecule has 0 fully saturated rings. The Hall–Kier alpha value is -1.37. The molecule has 0 N–H and O–H groups in total. The molecule has 0 heterocycles. The van der Waals surface area contributed by atoms with E-state index in [1.807, 2.05) is 37.3 Å². The highest BCUT2D eigenvalue weighted by Crippen LogP contribution is 2.00. The van der Waals surface area contributed by atoms with Gasteiger partial charge in [-0.2, -0.15) is 0 Å². The van der Waals surface area contributed by atoms with Crippen molar-refractivity contribution in [2.45, 2.75) is 13.3 Å². The summed E-state index contributed by atoms with van der Waals surface area (Å²) >= 11 is 0. The molecule has 0 saturated carbocycles. The standard InChI is InChI=1S/C11H12O/c1-2-6-11(12)9-10-7-4-3-5-8-10/h2-8H,9H2,1H3/b6-2-. The smallest absolute Gasteiger partial charge is 0.159 e. The van der Waals surface area contributed by atoms with Crippen molar-refractivity contribution in [3.63, 3.8) is 0 Å². The first-order valence-corrected chi connectivity index (χ1v) is 4.02. The van der Waals surface area contributed by atoms with Crippen LogP contribution in [0.5, 0.6) is 0 Å². The first-order chi connectivity index (χ1) is 5.83. The van der Waals surface area contributed by atoms with Crippen molar-refractivity contribution in [2.24, 2.45) is 0 Å². The minimum atomic E-state index is 0.156. The Morgan fingerprint density at radius 2 is 2.00 bits per heavy atom. The molecule has 0 amide bonds. The first-order valence-electron chi connectivity index (χ1n) is 4.02. The third kappa shape index (κ3) is 2.70. The number of benzene rings is 1. The Morgan fingerprint density at radius 1 is 1.33 bits per heavy atom. The van der Waals surface area contributed by atoms with Crippen LogP contribution in [0.25, 0.3) is 0 Å². The minimum absolute atomic E-state index is 0.156. The molecule has 0 aromatic heterocycles. The van der Waals surface area contributed by atoms with Gasteiger partial charge in [-0.3, -0.25) is 4.79 Å². The topological polar surface area (TPSA) is 17.1 Å². The second kappa shape index (κ2) is 4.50. The summed E-state index contributed by atoms with van der Waals surface area (Å²) in [6, 6.07) is 9.75. The summed E-state index contributed by atoms with van der Waals surface area (Å²) in [5.74, 6) is 0.156. The van der Waals surface area contributed by atoms with E-state index in [4.69, 9.17) is 0 Å². The average molecular weight is 160 g/mol. The van der Waals surface area contributed by atoms with E-state index in [2.05, 4.69) is 0 Å². The molecule has 0 unspecified atom stereocenters. The Morgan fingerprint density at radius 3 is 2.58 bits per heavy atom. The maximum absolute atomic E-state index is 11.1. The molecule has 1 rings (SSSR count). The van der Waals surface area contributed by atoms with Crippen LogP contribution in [0.2, 0.25) is 0 Å². The monoisotopic (exact) mass is 160 g/mol. The second-order valence-electron chi connectivity index (χ2n) is 2.63. The van der Waals surface area contributed by atoms with Crippen LogP contribution in [0.3, 0.4) is 0 Å². The summed E-state index contributed by atoms with van der Waals surface area (Å²) in [5, 5.41) is 0. The summed E-state index contributed by atoms with van der Waals surface area (Å²) in [4.78, 5) is 11.1. The van der Waals surface area contributed by atoms with Crippen LogP contribution in [-0.2, 0) is 11.2 Å². The molecule has 0 saturated heterocycles. The molecule has 1 nitrogen and oxygen atoms in total. The zero-order chi connectivity index (χ0) is 8.81. The van der Waals surface area contributed by atoms with E-state index in [0.29, 0.717) is 6.42 Å². The van der Waals surface area contributed by atoms with Gasteiger partial charge >= 0.3 is 0 Å². The van der Waals surface area contributed by atoms with Gasteiger partial charge in [-0.15, -0.1) is 0 Å². The minimum Gasteiger partial charge on any atom is -0.294 e. The maximum atomic E-state index is 11.1. The van der Waals surface area contributed by atoms with E-state index in [-0.39, 0.29) is 5.78 Å². The fourth-order valence-electron chi connectivity index (χ4n) is 1.04. The Labute approximate surface area is 72.7 Å². The number of hydrogen-bond donors (Lipinski definition) is 0. The number of carbonyl (C=O) groups is 1. The number of allylic oxidation sites excluding steroid dienone is 2. The molecule has 1 heteroatoms. The Balaban J connectivity index is 2.59. The largest absolute Gasteiger partial charge is 0.294 e. The van der Waals surface area contributed by atoms with Crippen LogP contribution in [0, 0.1) is 0 Å². The molecular formula is C11H12O. The predicted molar refractivity (Wildman–Crippen MR) is 50.0 cm³/mol. The number of ketones is 1. The molecule has 0 aliphatic carbocycles. The lowest BCUT2D eigenvalue weighted by molar-refractivity contribution is -0.114. The van der Waals surface area contributed by atoms with Crippen LogP contribution in [-0.4, -0.2) is 5.78 Å². The molecule has 62 valence electrons. The van der Waals surface area contributed by atoms with E-state index in [0.717, 1.165) is 5.56 Å². The lowest BCUT2D eigenvalue weighted by Crippen LogP contribution is -1.97. The number of hydrogen-bond acceptors (Lipinski definition) is 1. The third-order valence-corrected chi connectivity index (χ3v) is 1.57. The lowest BCUT2D eigenvalue weighted by atomic mass is 10.1. The molecule has 0 radical (unpaired) electrons. The molecule has 1 aromatic rings. The summed E-state index contributed by atoms with van der Waals surface area (Å²) < 4.78 is 0. The third-order valence-electron chi connectivity index (χ3n) is 1.57. The van der Waals surface area contributed by atoms with Crippen LogP contribution in [0.1, 0.15) is 12.5 Å². The van der Waals surface area contributed by atoms with Crippen LogP contribution in [0.4, 0.5) is 0 Å². The SMILES string of the molecule is C/C=C\C(=O)Cc1ccccc1. The van der Waals surface area contributed by atoms with Gasteiger partial charge in [-0.1, -0.05) is 36.4 Å². The first kappa shape index (κ1) is 8.72. The highest BCUT2D eigenvalue weighted by molar-refractivity contribution is 5.91.